The minimum Gasteiger partial charge on any atom is -0.318 e. The van der Waals surface area contributed by atoms with Crippen LogP contribution in [0.25, 0.3) is 0 Å². The predicted molar refractivity (Wildman–Crippen MR) is 81.4 cm³/mol. The molecule has 2 nitrogen and oxygen atoms in total. The Kier molecular flexibility index (Phi) is 5.01. The van der Waals surface area contributed by atoms with Crippen molar-refractivity contribution in [2.24, 2.45) is 5.92 Å². The van der Waals surface area contributed by atoms with Gasteiger partial charge in [-0.2, -0.15) is 0 Å². The number of amides is 1. The van der Waals surface area contributed by atoms with Crippen molar-refractivity contribution in [3.63, 3.8) is 0 Å². The average Bonchev–Trinajstić information content (AvgIpc) is 2.33. The Bertz CT molecular complexity index is 449. The molecular formula is C14H15Br2NO. The van der Waals surface area contributed by atoms with Gasteiger partial charge in [0.15, 0.2) is 0 Å². The number of hydrogen-bond acceptors (Lipinski definition) is 1. The van der Waals surface area contributed by atoms with Crippen LogP contribution in [-0.4, -0.2) is 17.4 Å². The van der Waals surface area contributed by atoms with E-state index >= 15 is 0 Å². The predicted octanol–water partition coefficient (Wildman–Crippen LogP) is 4.26. The molecular weight excluding hydrogens is 358 g/mol. The maximum absolute atomic E-state index is 12.0. The molecule has 1 unspecified atom stereocenters. The van der Waals surface area contributed by atoms with Gasteiger partial charge in [-0.3, -0.25) is 4.79 Å². The highest BCUT2D eigenvalue weighted by Crippen LogP contribution is 2.24. The van der Waals surface area contributed by atoms with E-state index in [2.05, 4.69) is 44.0 Å². The molecule has 0 aromatic carbocycles. The fraction of sp³-hybridized carbons (Fsp3) is 0.357. The zero-order valence-electron chi connectivity index (χ0n) is 9.98. The maximum Gasteiger partial charge on any atom is 0.226 e. The van der Waals surface area contributed by atoms with Crippen molar-refractivity contribution < 1.29 is 4.79 Å². The lowest BCUT2D eigenvalue weighted by Crippen LogP contribution is -2.31. The van der Waals surface area contributed by atoms with Crippen LogP contribution in [-0.2, 0) is 4.79 Å². The summed E-state index contributed by atoms with van der Waals surface area (Å²) in [7, 11) is 0. The smallest absolute Gasteiger partial charge is 0.226 e. The molecule has 18 heavy (non-hydrogen) atoms. The summed E-state index contributed by atoms with van der Waals surface area (Å²) >= 11 is 6.98. The van der Waals surface area contributed by atoms with E-state index < -0.39 is 0 Å². The molecule has 0 aromatic heterocycles. The van der Waals surface area contributed by atoms with Gasteiger partial charge in [-0.1, -0.05) is 56.2 Å². The normalized spacial score (nSPS) is 29.1. The van der Waals surface area contributed by atoms with E-state index in [4.69, 9.17) is 0 Å². The summed E-state index contributed by atoms with van der Waals surface area (Å²) in [6.45, 7) is 0.745. The molecule has 1 aliphatic heterocycles. The number of hydrogen-bond donors (Lipinski definition) is 0. The molecule has 1 aliphatic carbocycles. The summed E-state index contributed by atoms with van der Waals surface area (Å²) in [6.07, 6.45) is 14.5. The van der Waals surface area contributed by atoms with E-state index in [1.807, 2.05) is 29.3 Å². The standard InChI is InChI=1S/C14H15Br2NO/c15-12-4-2-6-14(18)17(8-7-12)10-11-3-1-5-13(16)9-11/h1,3-5,7-8,11H,2,6,9-10H2/b8-7-,12-4+. The van der Waals surface area contributed by atoms with Crippen molar-refractivity contribution in [1.29, 1.82) is 0 Å². The van der Waals surface area contributed by atoms with Crippen LogP contribution in [0.2, 0.25) is 0 Å². The number of allylic oxidation sites excluding steroid dienone is 6. The van der Waals surface area contributed by atoms with Crippen LogP contribution in [0.15, 0.2) is 45.5 Å². The quantitative estimate of drug-likeness (QED) is 0.709. The Morgan fingerprint density at radius 2 is 2.22 bits per heavy atom. The van der Waals surface area contributed by atoms with Crippen LogP contribution in [0.1, 0.15) is 19.3 Å². The Hall–Kier alpha value is -0.610. The van der Waals surface area contributed by atoms with Gasteiger partial charge < -0.3 is 4.90 Å². The molecule has 2 rings (SSSR count). The highest BCUT2D eigenvalue weighted by molar-refractivity contribution is 9.12. The minimum atomic E-state index is 0.196. The molecule has 4 heteroatoms. The van der Waals surface area contributed by atoms with Crippen molar-refractivity contribution in [3.05, 3.63) is 45.5 Å². The molecule has 1 amide bonds. The Morgan fingerprint density at radius 1 is 1.39 bits per heavy atom. The van der Waals surface area contributed by atoms with Gasteiger partial charge in [0.1, 0.15) is 0 Å². The van der Waals surface area contributed by atoms with E-state index in [9.17, 15) is 4.79 Å². The van der Waals surface area contributed by atoms with Gasteiger partial charge in [-0.05, 0) is 29.3 Å². The summed E-state index contributed by atoms with van der Waals surface area (Å²) in [4.78, 5) is 13.8. The minimum absolute atomic E-state index is 0.196. The highest BCUT2D eigenvalue weighted by Gasteiger charge is 2.18. The topological polar surface area (TPSA) is 20.3 Å². The van der Waals surface area contributed by atoms with Gasteiger partial charge in [0, 0.05) is 23.6 Å². The summed E-state index contributed by atoms with van der Waals surface area (Å²) in [5, 5.41) is 0. The van der Waals surface area contributed by atoms with E-state index in [-0.39, 0.29) is 5.91 Å². The first kappa shape index (κ1) is 13.8. The monoisotopic (exact) mass is 371 g/mol. The first-order valence-electron chi connectivity index (χ1n) is 6.01. The summed E-state index contributed by atoms with van der Waals surface area (Å²) < 4.78 is 2.24. The highest BCUT2D eigenvalue weighted by atomic mass is 79.9. The lowest BCUT2D eigenvalue weighted by atomic mass is 10.00. The van der Waals surface area contributed by atoms with Crippen molar-refractivity contribution in [3.8, 4) is 0 Å². The molecule has 0 saturated heterocycles. The van der Waals surface area contributed by atoms with E-state index in [0.717, 1.165) is 23.9 Å². The lowest BCUT2D eigenvalue weighted by Gasteiger charge is -2.25. The van der Waals surface area contributed by atoms with Crippen molar-refractivity contribution >= 4 is 37.8 Å². The first-order chi connectivity index (χ1) is 8.65. The average molecular weight is 373 g/mol. The fourth-order valence-corrected chi connectivity index (χ4v) is 2.95. The molecule has 0 saturated carbocycles. The van der Waals surface area contributed by atoms with Crippen molar-refractivity contribution in [2.75, 3.05) is 6.54 Å². The molecule has 2 aliphatic rings. The Balaban J connectivity index is 2.02. The van der Waals surface area contributed by atoms with Crippen LogP contribution in [0.3, 0.4) is 0 Å². The van der Waals surface area contributed by atoms with Gasteiger partial charge in [-0.25, -0.2) is 0 Å². The van der Waals surface area contributed by atoms with Gasteiger partial charge in [-0.15, -0.1) is 0 Å². The van der Waals surface area contributed by atoms with Crippen LogP contribution < -0.4 is 0 Å². The third-order valence-corrected chi connectivity index (χ3v) is 4.16. The third-order valence-electron chi connectivity index (χ3n) is 2.98. The molecule has 1 atom stereocenters. The largest absolute Gasteiger partial charge is 0.318 e. The van der Waals surface area contributed by atoms with E-state index in [1.54, 1.807) is 0 Å². The molecule has 0 spiro atoms. The number of nitrogens with zero attached hydrogens (tertiary/aromatic N) is 1. The first-order valence-corrected chi connectivity index (χ1v) is 7.60. The SMILES string of the molecule is O=C1CC/C=C(Br)\C=C/N1CC1C=CC=C(Br)C1. The molecule has 1 heterocycles. The van der Waals surface area contributed by atoms with Crippen molar-refractivity contribution in [2.45, 2.75) is 19.3 Å². The number of carbonyl (C=O) groups is 1. The van der Waals surface area contributed by atoms with Gasteiger partial charge >= 0.3 is 0 Å². The number of rotatable bonds is 2. The molecule has 0 bridgehead atoms. The summed E-state index contributed by atoms with van der Waals surface area (Å²) in [5.41, 5.74) is 0. The molecule has 0 fully saturated rings. The van der Waals surface area contributed by atoms with Crippen LogP contribution >= 0.6 is 31.9 Å². The second-order valence-corrected chi connectivity index (χ2v) is 6.39. The second-order valence-electron chi connectivity index (χ2n) is 4.45. The zero-order valence-corrected chi connectivity index (χ0v) is 13.2. The maximum atomic E-state index is 12.0. The molecule has 0 radical (unpaired) electrons. The van der Waals surface area contributed by atoms with Crippen molar-refractivity contribution in [1.82, 2.24) is 4.90 Å². The Labute approximate surface area is 124 Å². The van der Waals surface area contributed by atoms with Crippen LogP contribution in [0, 0.1) is 5.92 Å². The lowest BCUT2D eigenvalue weighted by molar-refractivity contribution is -0.128. The number of halogens is 2. The van der Waals surface area contributed by atoms with Gasteiger partial charge in [0.05, 0.1) is 0 Å². The molecule has 0 N–H and O–H groups in total. The van der Waals surface area contributed by atoms with Crippen LogP contribution in [0.5, 0.6) is 0 Å². The van der Waals surface area contributed by atoms with Crippen LogP contribution in [0.4, 0.5) is 0 Å². The third kappa shape index (κ3) is 3.95. The second kappa shape index (κ2) is 6.53. The summed E-state index contributed by atoms with van der Waals surface area (Å²) in [6, 6.07) is 0. The molecule has 96 valence electrons. The van der Waals surface area contributed by atoms with E-state index in [1.165, 1.54) is 4.48 Å². The summed E-state index contributed by atoms with van der Waals surface area (Å²) in [5.74, 6) is 0.585. The molecule has 0 aromatic rings. The Morgan fingerprint density at radius 3 is 3.00 bits per heavy atom. The number of carbonyl (C=O) groups excluding carboxylic acids is 1. The fourth-order valence-electron chi connectivity index (χ4n) is 2.03. The van der Waals surface area contributed by atoms with Gasteiger partial charge in [0.25, 0.3) is 0 Å². The van der Waals surface area contributed by atoms with E-state index in [0.29, 0.717) is 12.3 Å². The van der Waals surface area contributed by atoms with Gasteiger partial charge in [0.2, 0.25) is 5.91 Å². The zero-order chi connectivity index (χ0) is 13.0.